The third-order valence-electron chi connectivity index (χ3n) is 7.28. The van der Waals surface area contributed by atoms with E-state index in [1.54, 1.807) is 12.4 Å². The van der Waals surface area contributed by atoms with Gasteiger partial charge in [0.25, 0.3) is 0 Å². The van der Waals surface area contributed by atoms with Crippen LogP contribution in [0.3, 0.4) is 0 Å². The van der Waals surface area contributed by atoms with Crippen LogP contribution in [-0.2, 0) is 20.9 Å². The zero-order chi connectivity index (χ0) is 21.0. The lowest BCUT2D eigenvalue weighted by molar-refractivity contribution is -0.144. The summed E-state index contributed by atoms with van der Waals surface area (Å²) in [5.74, 6) is -0.807. The molecule has 3 saturated heterocycles. The number of aromatic nitrogens is 1. The van der Waals surface area contributed by atoms with Crippen LogP contribution >= 0.6 is 0 Å². The molecule has 2 bridgehead atoms. The van der Waals surface area contributed by atoms with E-state index < -0.39 is 17.4 Å². The van der Waals surface area contributed by atoms with E-state index in [0.29, 0.717) is 13.1 Å². The molecular weight excluding hydrogens is 390 g/mol. The Balaban J connectivity index is 1.27. The molecular formula is C25H25N3O3. The molecule has 31 heavy (non-hydrogen) atoms. The Hall–Kier alpha value is -2.99. The number of likely N-dealkylation sites (tertiary alicyclic amines) is 2. The van der Waals surface area contributed by atoms with Crippen molar-refractivity contribution >= 4 is 11.8 Å². The first-order valence-electron chi connectivity index (χ1n) is 11.1. The Kier molecular flexibility index (Phi) is 4.25. The molecule has 5 heterocycles. The van der Waals surface area contributed by atoms with Crippen LogP contribution in [0.1, 0.15) is 30.0 Å². The largest absolute Gasteiger partial charge is 0.360 e. The van der Waals surface area contributed by atoms with Crippen LogP contribution in [0.25, 0.3) is 0 Å². The lowest BCUT2D eigenvalue weighted by Gasteiger charge is -2.31. The van der Waals surface area contributed by atoms with Gasteiger partial charge in [0.1, 0.15) is 5.60 Å². The number of benzene rings is 1. The highest BCUT2D eigenvalue weighted by atomic mass is 16.5. The predicted molar refractivity (Wildman–Crippen MR) is 114 cm³/mol. The molecule has 6 nitrogen and oxygen atoms in total. The zero-order valence-corrected chi connectivity index (χ0v) is 17.3. The predicted octanol–water partition coefficient (Wildman–Crippen LogP) is 2.73. The first-order valence-corrected chi connectivity index (χ1v) is 11.1. The van der Waals surface area contributed by atoms with Crippen molar-refractivity contribution in [3.8, 4) is 0 Å². The SMILES string of the molecule is O=C1[C@@H]2[C@@H](C(=O)N3CCC[C@@H]3c3ccccc3)[C@@H]3C=C[C@@]2(CN1Cc1cccnc1)O3. The zero-order valence-electron chi connectivity index (χ0n) is 17.3. The van der Waals surface area contributed by atoms with Gasteiger partial charge in [-0.2, -0.15) is 0 Å². The number of hydrogen-bond donors (Lipinski definition) is 0. The van der Waals surface area contributed by atoms with Gasteiger partial charge >= 0.3 is 0 Å². The van der Waals surface area contributed by atoms with E-state index in [0.717, 1.165) is 24.9 Å². The number of carbonyl (C=O) groups excluding carboxylic acids is 2. The van der Waals surface area contributed by atoms with Gasteiger partial charge in [0.2, 0.25) is 11.8 Å². The van der Waals surface area contributed by atoms with Crippen molar-refractivity contribution in [2.45, 2.75) is 37.1 Å². The minimum absolute atomic E-state index is 0.0181. The molecule has 1 spiro atoms. The summed E-state index contributed by atoms with van der Waals surface area (Å²) in [6.07, 6.45) is 9.16. The van der Waals surface area contributed by atoms with E-state index in [-0.39, 0.29) is 24.0 Å². The minimum atomic E-state index is -0.674. The van der Waals surface area contributed by atoms with E-state index in [1.165, 1.54) is 5.56 Å². The maximum atomic E-state index is 13.8. The van der Waals surface area contributed by atoms with Crippen LogP contribution in [-0.4, -0.2) is 51.4 Å². The number of ether oxygens (including phenoxy) is 1. The fourth-order valence-corrected chi connectivity index (χ4v) is 5.95. The molecule has 0 aliphatic carbocycles. The van der Waals surface area contributed by atoms with Crippen molar-refractivity contribution < 1.29 is 14.3 Å². The minimum Gasteiger partial charge on any atom is -0.360 e. The quantitative estimate of drug-likeness (QED) is 0.721. The number of pyridine rings is 1. The van der Waals surface area contributed by atoms with Crippen molar-refractivity contribution in [1.29, 1.82) is 0 Å². The summed E-state index contributed by atoms with van der Waals surface area (Å²) < 4.78 is 6.32. The molecule has 0 unspecified atom stereocenters. The average molecular weight is 415 g/mol. The number of nitrogens with zero attached hydrogens (tertiary/aromatic N) is 3. The molecule has 4 aliphatic heterocycles. The second-order valence-corrected chi connectivity index (χ2v) is 9.06. The smallest absolute Gasteiger partial charge is 0.230 e. The molecule has 6 rings (SSSR count). The molecule has 2 amide bonds. The number of hydrogen-bond acceptors (Lipinski definition) is 4. The highest BCUT2D eigenvalue weighted by molar-refractivity contribution is 5.93. The van der Waals surface area contributed by atoms with Crippen molar-refractivity contribution in [3.05, 3.63) is 78.1 Å². The van der Waals surface area contributed by atoms with Gasteiger partial charge in [-0.1, -0.05) is 48.6 Å². The number of amides is 2. The monoisotopic (exact) mass is 415 g/mol. The Labute approximate surface area is 181 Å². The highest BCUT2D eigenvalue weighted by Crippen LogP contribution is 2.53. The summed E-state index contributed by atoms with van der Waals surface area (Å²) >= 11 is 0. The first-order chi connectivity index (χ1) is 15.2. The van der Waals surface area contributed by atoms with Crippen molar-refractivity contribution in [1.82, 2.24) is 14.8 Å². The van der Waals surface area contributed by atoms with Crippen LogP contribution < -0.4 is 0 Å². The molecule has 4 aliphatic rings. The van der Waals surface area contributed by atoms with E-state index in [9.17, 15) is 9.59 Å². The second-order valence-electron chi connectivity index (χ2n) is 9.06. The molecule has 1 aromatic heterocycles. The van der Waals surface area contributed by atoms with Crippen LogP contribution in [0.4, 0.5) is 0 Å². The average Bonchev–Trinajstić information content (AvgIpc) is 3.56. The van der Waals surface area contributed by atoms with Gasteiger partial charge in [-0.25, -0.2) is 0 Å². The fraction of sp³-hybridized carbons (Fsp3) is 0.400. The first kappa shape index (κ1) is 18.8. The Morgan fingerprint density at radius 3 is 2.87 bits per heavy atom. The Bertz CT molecular complexity index is 1040. The van der Waals surface area contributed by atoms with Crippen LogP contribution in [0.5, 0.6) is 0 Å². The van der Waals surface area contributed by atoms with Gasteiger partial charge in [-0.3, -0.25) is 14.6 Å². The van der Waals surface area contributed by atoms with E-state index in [2.05, 4.69) is 17.1 Å². The van der Waals surface area contributed by atoms with Crippen LogP contribution in [0, 0.1) is 11.8 Å². The highest BCUT2D eigenvalue weighted by Gasteiger charge is 2.67. The molecule has 1 aromatic carbocycles. The van der Waals surface area contributed by atoms with E-state index in [4.69, 9.17) is 4.74 Å². The van der Waals surface area contributed by atoms with Gasteiger partial charge in [-0.15, -0.1) is 0 Å². The third-order valence-corrected chi connectivity index (χ3v) is 7.28. The van der Waals surface area contributed by atoms with Crippen LogP contribution in [0.15, 0.2) is 67.0 Å². The number of carbonyl (C=O) groups is 2. The van der Waals surface area contributed by atoms with Gasteiger partial charge in [0, 0.05) is 25.5 Å². The fourth-order valence-electron chi connectivity index (χ4n) is 5.95. The summed E-state index contributed by atoms with van der Waals surface area (Å²) in [5.41, 5.74) is 1.47. The normalized spacial score (nSPS) is 33.4. The van der Waals surface area contributed by atoms with E-state index >= 15 is 0 Å². The summed E-state index contributed by atoms with van der Waals surface area (Å²) in [7, 11) is 0. The lowest BCUT2D eigenvalue weighted by atomic mass is 9.76. The summed E-state index contributed by atoms with van der Waals surface area (Å²) in [6, 6.07) is 14.1. The van der Waals surface area contributed by atoms with Gasteiger partial charge in [0.05, 0.1) is 30.5 Å². The van der Waals surface area contributed by atoms with Crippen molar-refractivity contribution in [2.75, 3.05) is 13.1 Å². The molecule has 0 N–H and O–H groups in total. The third kappa shape index (κ3) is 2.85. The maximum Gasteiger partial charge on any atom is 0.230 e. The standard InChI is InChI=1S/C25H25N3O3/c29-23(28-13-5-9-19(28)18-7-2-1-3-8-18)21-20-10-11-25(31-20)16-27(24(30)22(21)25)15-17-6-4-12-26-14-17/h1-4,6-8,10-12,14,19-22H,5,9,13,15-16H2/t19-,20+,21+,22+,25+/m1/s1. The van der Waals surface area contributed by atoms with Crippen LogP contribution in [0.2, 0.25) is 0 Å². The van der Waals surface area contributed by atoms with Crippen molar-refractivity contribution in [2.24, 2.45) is 11.8 Å². The molecule has 2 aromatic rings. The van der Waals surface area contributed by atoms with E-state index in [1.807, 2.05) is 52.3 Å². The topological polar surface area (TPSA) is 62.7 Å². The summed E-state index contributed by atoms with van der Waals surface area (Å²) in [4.78, 5) is 35.3. The molecule has 158 valence electrons. The summed E-state index contributed by atoms with van der Waals surface area (Å²) in [6.45, 7) is 1.72. The molecule has 5 atom stereocenters. The summed E-state index contributed by atoms with van der Waals surface area (Å²) in [5, 5.41) is 0. The van der Waals surface area contributed by atoms with Gasteiger partial charge in [-0.05, 0) is 30.0 Å². The molecule has 6 heteroatoms. The lowest BCUT2D eigenvalue weighted by Crippen LogP contribution is -2.45. The Morgan fingerprint density at radius 2 is 2.06 bits per heavy atom. The number of rotatable bonds is 4. The maximum absolute atomic E-state index is 13.8. The van der Waals surface area contributed by atoms with Crippen molar-refractivity contribution in [3.63, 3.8) is 0 Å². The number of fused-ring (bicyclic) bond motifs is 1. The second kappa shape index (κ2) is 7.02. The molecule has 0 radical (unpaired) electrons. The molecule has 3 fully saturated rings. The van der Waals surface area contributed by atoms with Gasteiger partial charge in [0.15, 0.2) is 0 Å². The Morgan fingerprint density at radius 1 is 1.19 bits per heavy atom. The molecule has 0 saturated carbocycles. The van der Waals surface area contributed by atoms with Gasteiger partial charge < -0.3 is 14.5 Å².